The number of thiocarbonyl (C=S) groups is 1. The summed E-state index contributed by atoms with van der Waals surface area (Å²) in [6, 6.07) is 25.9. The van der Waals surface area contributed by atoms with Gasteiger partial charge in [-0.3, -0.25) is 4.79 Å². The second-order valence-electron chi connectivity index (χ2n) is 12.0. The maximum atomic E-state index is 12.9. The molecule has 0 aliphatic heterocycles. The van der Waals surface area contributed by atoms with Crippen LogP contribution in [-0.2, 0) is 16.1 Å². The molecule has 5 aromatic rings. The molecule has 2 unspecified atom stereocenters. The van der Waals surface area contributed by atoms with Crippen LogP contribution in [0.3, 0.4) is 0 Å². The van der Waals surface area contributed by atoms with E-state index in [-0.39, 0.29) is 24.2 Å². The van der Waals surface area contributed by atoms with Crippen LogP contribution in [0.15, 0.2) is 72.1 Å². The Morgan fingerprint density at radius 3 is 2.29 bits per heavy atom. The maximum Gasteiger partial charge on any atom is 0.306 e. The molecule has 0 bridgehead atoms. The van der Waals surface area contributed by atoms with Crippen LogP contribution in [0.25, 0.3) is 29.3 Å². The number of ether oxygens (including phenoxy) is 1. The summed E-state index contributed by atoms with van der Waals surface area (Å²) in [6.45, 7) is 8.66. The summed E-state index contributed by atoms with van der Waals surface area (Å²) >= 11 is 16.2. The lowest BCUT2D eigenvalue weighted by Gasteiger charge is -2.27. The molecule has 0 fully saturated rings. The van der Waals surface area contributed by atoms with Crippen LogP contribution in [0, 0.1) is 30.6 Å². The molecular weight excluding hydrogens is 727 g/mol. The number of nitrogens with zero attached hydrogens (tertiary/aromatic N) is 1. The molecule has 250 valence electrons. The fourth-order valence-corrected chi connectivity index (χ4v) is 12.8. The summed E-state index contributed by atoms with van der Waals surface area (Å²) in [5.41, 5.74) is 2.98. The van der Waals surface area contributed by atoms with Gasteiger partial charge in [-0.2, -0.15) is 5.26 Å². The van der Waals surface area contributed by atoms with Crippen molar-refractivity contribution in [2.75, 3.05) is 5.75 Å². The van der Waals surface area contributed by atoms with Crippen molar-refractivity contribution in [3.63, 3.8) is 0 Å². The lowest BCUT2D eigenvalue weighted by atomic mass is 9.81. The molecule has 48 heavy (non-hydrogen) atoms. The maximum absolute atomic E-state index is 12.9. The van der Waals surface area contributed by atoms with E-state index in [9.17, 15) is 10.1 Å². The summed E-state index contributed by atoms with van der Waals surface area (Å²) in [4.78, 5) is 21.6. The molecule has 1 aromatic carbocycles. The molecule has 2 atom stereocenters. The fraction of sp³-hybridized carbons (Fsp3) is 0.342. The van der Waals surface area contributed by atoms with Gasteiger partial charge in [-0.15, -0.1) is 57.1 Å². The van der Waals surface area contributed by atoms with Crippen LogP contribution in [0.5, 0.6) is 0 Å². The Balaban J connectivity index is 1.16. The Bertz CT molecular complexity index is 1860. The molecule has 4 heterocycles. The summed E-state index contributed by atoms with van der Waals surface area (Å²) in [6.07, 6.45) is 3.52. The Kier molecular flexibility index (Phi) is 13.6. The van der Waals surface area contributed by atoms with Gasteiger partial charge in [-0.25, -0.2) is 0 Å². The number of thiophene rings is 4. The number of benzene rings is 1. The van der Waals surface area contributed by atoms with E-state index in [0.717, 1.165) is 32.6 Å². The normalized spacial score (nSPS) is 13.1. The summed E-state index contributed by atoms with van der Waals surface area (Å²) in [5, 5.41) is 12.4. The number of carbonyl (C=O) groups is 1. The van der Waals surface area contributed by atoms with Crippen LogP contribution < -0.4 is 0 Å². The van der Waals surface area contributed by atoms with Gasteiger partial charge < -0.3 is 4.74 Å². The molecule has 10 heteroatoms. The van der Waals surface area contributed by atoms with Gasteiger partial charge in [0.1, 0.15) is 10.1 Å². The SMILES string of the molecule is CCCCSC(=S)SC(CC(C)(C#N)CCC(=O)OCc1cc(C)c(-c2ccc(-c3ccc(-c4sccc4C)s3)s2)s1)c1ccccc1. The van der Waals surface area contributed by atoms with Crippen molar-refractivity contribution in [2.24, 2.45) is 5.41 Å². The zero-order valence-electron chi connectivity index (χ0n) is 27.6. The third-order valence-electron chi connectivity index (χ3n) is 8.02. The molecule has 0 spiro atoms. The van der Waals surface area contributed by atoms with Crippen molar-refractivity contribution >= 4 is 90.6 Å². The number of hydrogen-bond donors (Lipinski definition) is 0. The van der Waals surface area contributed by atoms with Gasteiger partial charge in [0, 0.05) is 45.8 Å². The van der Waals surface area contributed by atoms with Crippen LogP contribution in [0.4, 0.5) is 0 Å². The van der Waals surface area contributed by atoms with Crippen molar-refractivity contribution in [2.45, 2.75) is 71.7 Å². The number of rotatable bonds is 15. The molecule has 0 aliphatic carbocycles. The van der Waals surface area contributed by atoms with E-state index in [2.05, 4.69) is 80.8 Å². The largest absolute Gasteiger partial charge is 0.460 e. The Morgan fingerprint density at radius 2 is 1.65 bits per heavy atom. The Hall–Kier alpha value is -2.23. The third kappa shape index (κ3) is 9.94. The Morgan fingerprint density at radius 1 is 0.958 bits per heavy atom. The number of esters is 1. The van der Waals surface area contributed by atoms with E-state index in [1.807, 2.05) is 36.5 Å². The highest BCUT2D eigenvalue weighted by Gasteiger charge is 2.31. The highest BCUT2D eigenvalue weighted by Crippen LogP contribution is 2.45. The predicted molar refractivity (Wildman–Crippen MR) is 218 cm³/mol. The highest BCUT2D eigenvalue weighted by atomic mass is 32.2. The summed E-state index contributed by atoms with van der Waals surface area (Å²) in [5.74, 6) is 0.739. The number of thioether (sulfide) groups is 2. The minimum atomic E-state index is -0.689. The first-order chi connectivity index (χ1) is 23.2. The number of carbonyl (C=O) groups excluding carboxylic acids is 1. The van der Waals surface area contributed by atoms with Crippen molar-refractivity contribution < 1.29 is 9.53 Å². The van der Waals surface area contributed by atoms with Gasteiger partial charge in [0.25, 0.3) is 0 Å². The van der Waals surface area contributed by atoms with E-state index in [1.165, 1.54) is 40.4 Å². The van der Waals surface area contributed by atoms with E-state index in [1.54, 1.807) is 57.5 Å². The van der Waals surface area contributed by atoms with Crippen LogP contribution in [-0.4, -0.2) is 15.3 Å². The molecule has 0 N–H and O–H groups in total. The number of nitriles is 1. The molecule has 0 amide bonds. The molecular formula is C38H39NO2S7. The first-order valence-electron chi connectivity index (χ1n) is 16.0. The van der Waals surface area contributed by atoms with Crippen molar-refractivity contribution in [3.8, 4) is 35.3 Å². The van der Waals surface area contributed by atoms with Crippen molar-refractivity contribution in [3.05, 3.63) is 93.7 Å². The van der Waals surface area contributed by atoms with E-state index < -0.39 is 5.41 Å². The van der Waals surface area contributed by atoms with Gasteiger partial charge in [-0.1, -0.05) is 67.7 Å². The van der Waals surface area contributed by atoms with Gasteiger partial charge in [0.05, 0.1) is 11.5 Å². The number of unbranched alkanes of at least 4 members (excludes halogenated alkanes) is 1. The lowest BCUT2D eigenvalue weighted by Crippen LogP contribution is -2.20. The Labute approximate surface area is 314 Å². The van der Waals surface area contributed by atoms with Gasteiger partial charge in [0.2, 0.25) is 0 Å². The minimum Gasteiger partial charge on any atom is -0.460 e. The van der Waals surface area contributed by atoms with Gasteiger partial charge in [-0.05, 0) is 104 Å². The summed E-state index contributed by atoms with van der Waals surface area (Å²) < 4.78 is 6.65. The van der Waals surface area contributed by atoms with E-state index in [0.29, 0.717) is 12.8 Å². The summed E-state index contributed by atoms with van der Waals surface area (Å²) in [7, 11) is 0. The fourth-order valence-electron chi connectivity index (χ4n) is 5.23. The van der Waals surface area contributed by atoms with Gasteiger partial charge in [0.15, 0.2) is 0 Å². The molecule has 4 aromatic heterocycles. The van der Waals surface area contributed by atoms with Crippen molar-refractivity contribution in [1.82, 2.24) is 0 Å². The molecule has 3 nitrogen and oxygen atoms in total. The van der Waals surface area contributed by atoms with Crippen LogP contribution >= 0.6 is 81.1 Å². The lowest BCUT2D eigenvalue weighted by molar-refractivity contribution is -0.145. The van der Waals surface area contributed by atoms with E-state index in [4.69, 9.17) is 17.0 Å². The zero-order valence-corrected chi connectivity index (χ0v) is 33.3. The first kappa shape index (κ1) is 37.0. The topological polar surface area (TPSA) is 50.1 Å². The zero-order chi connectivity index (χ0) is 34.1. The molecule has 0 aliphatic rings. The molecule has 0 radical (unpaired) electrons. The minimum absolute atomic E-state index is 0.0471. The van der Waals surface area contributed by atoms with Crippen LogP contribution in [0.2, 0.25) is 0 Å². The quantitative estimate of drug-likeness (QED) is 0.0601. The standard InChI is InChI=1S/C38H39NO2S7/c1-5-6-19-44-37(42)48-33(27-10-8-7-9-11-27)22-38(4,24-39)18-16-34(40)41-23-28-21-26(3)36(45-28)32-15-13-30(47-32)29-12-14-31(46-29)35-25(2)17-20-43-35/h7-15,17,20-21,33H,5-6,16,18-19,22-23H2,1-4H3. The highest BCUT2D eigenvalue weighted by molar-refractivity contribution is 8.47. The molecule has 5 rings (SSSR count). The van der Waals surface area contributed by atoms with Gasteiger partial charge >= 0.3 is 5.97 Å². The van der Waals surface area contributed by atoms with Crippen LogP contribution in [0.1, 0.15) is 72.8 Å². The predicted octanol–water partition coefficient (Wildman–Crippen LogP) is 13.6. The monoisotopic (exact) mass is 765 g/mol. The van der Waals surface area contributed by atoms with E-state index >= 15 is 0 Å². The molecule has 0 saturated carbocycles. The second-order valence-corrected chi connectivity index (χ2v) is 19.7. The molecule has 0 saturated heterocycles. The number of hydrogen-bond acceptors (Lipinski definition) is 10. The average Bonchev–Trinajstić information content (AvgIpc) is 3.90. The number of aryl methyl sites for hydroxylation is 2. The third-order valence-corrected chi connectivity index (χ3v) is 15.9. The second kappa shape index (κ2) is 17.6. The van der Waals surface area contributed by atoms with Crippen molar-refractivity contribution in [1.29, 1.82) is 5.26 Å². The first-order valence-corrected chi connectivity index (χ1v) is 21.6. The smallest absolute Gasteiger partial charge is 0.306 e. The average molecular weight is 766 g/mol.